The topological polar surface area (TPSA) is 105 Å². The quantitative estimate of drug-likeness (QED) is 0.325. The van der Waals surface area contributed by atoms with Crippen molar-refractivity contribution in [3.8, 4) is 5.75 Å². The van der Waals surface area contributed by atoms with E-state index in [0.717, 1.165) is 10.1 Å². The van der Waals surface area contributed by atoms with Crippen LogP contribution in [0.15, 0.2) is 77.7 Å². The maximum atomic E-state index is 13.3. The number of hydrogen-bond acceptors (Lipinski definition) is 6. The minimum Gasteiger partial charge on any atom is -0.497 e. The fraction of sp³-hybridized carbons (Fsp3) is 0.154. The van der Waals surface area contributed by atoms with E-state index in [9.17, 15) is 18.0 Å². The third kappa shape index (κ3) is 5.34. The van der Waals surface area contributed by atoms with E-state index in [2.05, 4.69) is 10.6 Å². The first-order valence-electron chi connectivity index (χ1n) is 11.1. The molecule has 186 valence electrons. The fourth-order valence-corrected chi connectivity index (χ4v) is 6.14. The normalized spacial score (nSPS) is 11.2. The Balaban J connectivity index is 1.59. The van der Waals surface area contributed by atoms with Crippen molar-refractivity contribution >= 4 is 60.3 Å². The van der Waals surface area contributed by atoms with Crippen molar-refractivity contribution in [3.63, 3.8) is 0 Å². The number of carbonyl (C=O) groups excluding carboxylic acids is 2. The Hall–Kier alpha value is -3.89. The van der Waals surface area contributed by atoms with Gasteiger partial charge in [-0.05, 0) is 79.0 Å². The predicted octanol–water partition coefficient (Wildman–Crippen LogP) is 5.34. The molecule has 0 radical (unpaired) electrons. The number of ether oxygens (including phenoxy) is 1. The molecule has 1 aromatic heterocycles. The molecule has 0 spiro atoms. The molecule has 2 N–H and O–H groups in total. The van der Waals surface area contributed by atoms with E-state index in [1.807, 2.05) is 6.07 Å². The van der Waals surface area contributed by atoms with Crippen LogP contribution in [0.1, 0.15) is 23.5 Å². The van der Waals surface area contributed by atoms with Crippen LogP contribution in [-0.2, 0) is 14.8 Å². The number of anilines is 3. The Bertz CT molecular complexity index is 1530. The maximum Gasteiger partial charge on any atom is 0.265 e. The van der Waals surface area contributed by atoms with E-state index in [0.29, 0.717) is 27.7 Å². The molecule has 0 fully saturated rings. The fourth-order valence-electron chi connectivity index (χ4n) is 3.73. The van der Waals surface area contributed by atoms with Crippen LogP contribution in [0.5, 0.6) is 5.75 Å². The van der Waals surface area contributed by atoms with Crippen LogP contribution in [0, 0.1) is 0 Å². The summed E-state index contributed by atoms with van der Waals surface area (Å²) in [6.45, 7) is 3.42. The zero-order valence-electron chi connectivity index (χ0n) is 19.9. The molecular formula is C26H25N3O5S2. The minimum atomic E-state index is -3.79. The van der Waals surface area contributed by atoms with Gasteiger partial charge in [-0.25, -0.2) is 8.42 Å². The molecule has 3 aromatic carbocycles. The van der Waals surface area contributed by atoms with Crippen LogP contribution in [0.3, 0.4) is 0 Å². The molecule has 4 aromatic rings. The number of methoxy groups -OCH3 is 1. The van der Waals surface area contributed by atoms with Crippen molar-refractivity contribution in [1.82, 2.24) is 0 Å². The Kier molecular flexibility index (Phi) is 7.27. The number of fused-ring (bicyclic) bond motifs is 1. The van der Waals surface area contributed by atoms with Gasteiger partial charge in [0.25, 0.3) is 15.9 Å². The van der Waals surface area contributed by atoms with Gasteiger partial charge in [0, 0.05) is 29.5 Å². The zero-order valence-corrected chi connectivity index (χ0v) is 21.6. The van der Waals surface area contributed by atoms with Gasteiger partial charge in [0.05, 0.1) is 22.6 Å². The molecule has 1 heterocycles. The number of rotatable bonds is 8. The van der Waals surface area contributed by atoms with Crippen LogP contribution in [0.4, 0.5) is 17.1 Å². The molecule has 0 saturated heterocycles. The molecule has 2 amide bonds. The number of nitrogens with zero attached hydrogens (tertiary/aromatic N) is 1. The van der Waals surface area contributed by atoms with Gasteiger partial charge in [-0.1, -0.05) is 6.07 Å². The van der Waals surface area contributed by atoms with Crippen LogP contribution in [0.2, 0.25) is 0 Å². The molecule has 8 nitrogen and oxygen atoms in total. The summed E-state index contributed by atoms with van der Waals surface area (Å²) in [5, 5.41) is 6.29. The number of sulfonamides is 1. The van der Waals surface area contributed by atoms with Gasteiger partial charge in [0.15, 0.2) is 0 Å². The SMILES string of the molecule is CCN(c1ccc2sc(C(=O)Nc3cccc(NC(C)=O)c3)cc2c1)S(=O)(=O)c1ccc(OC)cc1. The van der Waals surface area contributed by atoms with Gasteiger partial charge in [-0.3, -0.25) is 13.9 Å². The molecule has 0 atom stereocenters. The summed E-state index contributed by atoms with van der Waals surface area (Å²) in [5.41, 5.74) is 1.64. The molecule has 0 bridgehead atoms. The zero-order chi connectivity index (χ0) is 25.9. The third-order valence-electron chi connectivity index (χ3n) is 5.39. The lowest BCUT2D eigenvalue weighted by atomic mass is 10.2. The number of amides is 2. The van der Waals surface area contributed by atoms with Gasteiger partial charge < -0.3 is 15.4 Å². The summed E-state index contributed by atoms with van der Waals surface area (Å²) in [7, 11) is -2.27. The van der Waals surface area contributed by atoms with Gasteiger partial charge in [0.2, 0.25) is 5.91 Å². The number of carbonyl (C=O) groups is 2. The third-order valence-corrected chi connectivity index (χ3v) is 8.42. The van der Waals surface area contributed by atoms with E-state index in [1.165, 1.54) is 41.8 Å². The van der Waals surface area contributed by atoms with Crippen molar-refractivity contribution in [2.75, 3.05) is 28.6 Å². The standard InChI is InChI=1S/C26H25N3O5S2/c1-4-29(36(32,33)23-11-9-22(34-3)10-12-23)21-8-13-24-18(14-21)15-25(35-24)26(31)28-20-7-5-6-19(16-20)27-17(2)30/h5-16H,4H2,1-3H3,(H,27,30)(H,28,31). The number of thiophene rings is 1. The second kappa shape index (κ2) is 10.4. The first-order chi connectivity index (χ1) is 17.2. The van der Waals surface area contributed by atoms with Crippen LogP contribution in [0.25, 0.3) is 10.1 Å². The molecule has 0 unspecified atom stereocenters. The first kappa shape index (κ1) is 25.2. The predicted molar refractivity (Wildman–Crippen MR) is 144 cm³/mol. The molecule has 10 heteroatoms. The highest BCUT2D eigenvalue weighted by Gasteiger charge is 2.24. The molecule has 0 saturated carbocycles. The van der Waals surface area contributed by atoms with Crippen LogP contribution < -0.4 is 19.7 Å². The highest BCUT2D eigenvalue weighted by Crippen LogP contribution is 2.32. The lowest BCUT2D eigenvalue weighted by molar-refractivity contribution is -0.114. The monoisotopic (exact) mass is 523 g/mol. The van der Waals surface area contributed by atoms with Crippen molar-refractivity contribution in [2.24, 2.45) is 0 Å². The average molecular weight is 524 g/mol. The molecule has 36 heavy (non-hydrogen) atoms. The second-order valence-electron chi connectivity index (χ2n) is 7.89. The Morgan fingerprint density at radius 3 is 2.28 bits per heavy atom. The van der Waals surface area contributed by atoms with E-state index in [1.54, 1.807) is 61.5 Å². The smallest absolute Gasteiger partial charge is 0.265 e. The lowest BCUT2D eigenvalue weighted by Gasteiger charge is -2.23. The maximum absolute atomic E-state index is 13.3. The van der Waals surface area contributed by atoms with Crippen LogP contribution >= 0.6 is 11.3 Å². The van der Waals surface area contributed by atoms with E-state index < -0.39 is 10.0 Å². The van der Waals surface area contributed by atoms with Crippen molar-refractivity contribution < 1.29 is 22.7 Å². The number of nitrogens with one attached hydrogen (secondary N) is 2. The van der Waals surface area contributed by atoms with Crippen molar-refractivity contribution in [1.29, 1.82) is 0 Å². The van der Waals surface area contributed by atoms with Gasteiger partial charge >= 0.3 is 0 Å². The van der Waals surface area contributed by atoms with Gasteiger partial charge in [-0.2, -0.15) is 0 Å². The highest BCUT2D eigenvalue weighted by molar-refractivity contribution is 7.92. The molecule has 0 aliphatic rings. The van der Waals surface area contributed by atoms with Crippen molar-refractivity contribution in [3.05, 3.63) is 77.7 Å². The summed E-state index contributed by atoms with van der Waals surface area (Å²) in [6, 6.07) is 20.2. The molecule has 4 rings (SSSR count). The molecule has 0 aliphatic heterocycles. The van der Waals surface area contributed by atoms with Gasteiger partial charge in [-0.15, -0.1) is 11.3 Å². The summed E-state index contributed by atoms with van der Waals surface area (Å²) in [6.07, 6.45) is 0. The van der Waals surface area contributed by atoms with E-state index in [4.69, 9.17) is 4.74 Å². The summed E-state index contributed by atoms with van der Waals surface area (Å²) in [5.74, 6) is 0.0779. The minimum absolute atomic E-state index is 0.164. The second-order valence-corrected chi connectivity index (χ2v) is 10.8. The first-order valence-corrected chi connectivity index (χ1v) is 13.4. The van der Waals surface area contributed by atoms with Crippen molar-refractivity contribution in [2.45, 2.75) is 18.7 Å². The molecular weight excluding hydrogens is 498 g/mol. The Morgan fingerprint density at radius 1 is 0.944 bits per heavy atom. The van der Waals surface area contributed by atoms with Gasteiger partial charge in [0.1, 0.15) is 5.75 Å². The van der Waals surface area contributed by atoms with E-state index >= 15 is 0 Å². The summed E-state index contributed by atoms with van der Waals surface area (Å²) in [4.78, 5) is 24.8. The lowest BCUT2D eigenvalue weighted by Crippen LogP contribution is -2.30. The highest BCUT2D eigenvalue weighted by atomic mass is 32.2. The number of hydrogen-bond donors (Lipinski definition) is 2. The number of benzene rings is 3. The average Bonchev–Trinajstić information content (AvgIpc) is 3.28. The Morgan fingerprint density at radius 2 is 1.64 bits per heavy atom. The van der Waals surface area contributed by atoms with E-state index in [-0.39, 0.29) is 23.3 Å². The molecule has 0 aliphatic carbocycles. The summed E-state index contributed by atoms with van der Waals surface area (Å²) >= 11 is 1.31. The largest absolute Gasteiger partial charge is 0.497 e. The summed E-state index contributed by atoms with van der Waals surface area (Å²) < 4.78 is 33.9. The van der Waals surface area contributed by atoms with Crippen LogP contribution in [-0.4, -0.2) is 33.9 Å². The Labute approximate surface area is 213 Å².